The Balaban J connectivity index is 4.03. The van der Waals surface area contributed by atoms with Crippen LogP contribution in [0, 0.1) is 16.0 Å². The van der Waals surface area contributed by atoms with E-state index in [4.69, 9.17) is 0 Å². The number of rotatable bonds is 5. The first-order valence-corrected chi connectivity index (χ1v) is 4.44. The summed E-state index contributed by atoms with van der Waals surface area (Å²) in [4.78, 5) is 21.4. The highest BCUT2D eigenvalue weighted by Gasteiger charge is 2.31. The lowest BCUT2D eigenvalue weighted by atomic mass is 9.94. The van der Waals surface area contributed by atoms with Gasteiger partial charge in [-0.25, -0.2) is 0 Å². The van der Waals surface area contributed by atoms with Gasteiger partial charge in [0.15, 0.2) is 0 Å². The molecule has 0 bridgehead atoms. The van der Waals surface area contributed by atoms with Crippen molar-refractivity contribution in [3.8, 4) is 0 Å². The average molecular weight is 187 g/mol. The van der Waals surface area contributed by atoms with Gasteiger partial charge in [0.1, 0.15) is 5.78 Å². The highest BCUT2D eigenvalue weighted by molar-refractivity contribution is 5.80. The summed E-state index contributed by atoms with van der Waals surface area (Å²) in [6, 6.07) is 0. The number of carbonyl (C=O) groups is 1. The predicted octanol–water partition coefficient (Wildman–Crippen LogP) is 2.05. The average Bonchev–Trinajstić information content (AvgIpc) is 1.99. The second-order valence-electron chi connectivity index (χ2n) is 4.19. The van der Waals surface area contributed by atoms with E-state index in [1.165, 1.54) is 0 Å². The molecule has 13 heavy (non-hydrogen) atoms. The molecule has 0 spiro atoms. The van der Waals surface area contributed by atoms with Gasteiger partial charge in [-0.15, -0.1) is 0 Å². The van der Waals surface area contributed by atoms with Gasteiger partial charge in [0, 0.05) is 37.5 Å². The fraction of sp³-hybridized carbons (Fsp3) is 0.889. The largest absolute Gasteiger partial charge is 0.299 e. The molecule has 0 aliphatic rings. The molecule has 4 nitrogen and oxygen atoms in total. The van der Waals surface area contributed by atoms with Crippen molar-refractivity contribution in [2.75, 3.05) is 0 Å². The van der Waals surface area contributed by atoms with E-state index in [0.29, 0.717) is 12.8 Å². The molecule has 0 saturated carbocycles. The zero-order chi connectivity index (χ0) is 10.6. The molecule has 76 valence electrons. The molecule has 0 N–H and O–H groups in total. The molecule has 0 aromatic heterocycles. The Morgan fingerprint density at radius 2 is 1.92 bits per heavy atom. The van der Waals surface area contributed by atoms with E-state index in [1.54, 1.807) is 13.8 Å². The Morgan fingerprint density at radius 3 is 2.23 bits per heavy atom. The maximum atomic E-state index is 11.2. The second kappa shape index (κ2) is 4.35. The van der Waals surface area contributed by atoms with Crippen LogP contribution in [0.15, 0.2) is 0 Å². The zero-order valence-corrected chi connectivity index (χ0v) is 8.66. The van der Waals surface area contributed by atoms with Crippen molar-refractivity contribution in [1.82, 2.24) is 0 Å². The second-order valence-corrected chi connectivity index (χ2v) is 4.19. The van der Waals surface area contributed by atoms with Crippen LogP contribution >= 0.6 is 0 Å². The van der Waals surface area contributed by atoms with E-state index in [-0.39, 0.29) is 16.6 Å². The lowest BCUT2D eigenvalue weighted by Gasteiger charge is -2.15. The molecule has 4 heteroatoms. The molecule has 0 aromatic rings. The maximum absolute atomic E-state index is 11.2. The number of nitro groups is 1. The summed E-state index contributed by atoms with van der Waals surface area (Å²) in [5.74, 6) is 0.0671. The van der Waals surface area contributed by atoms with Crippen LogP contribution in [0.4, 0.5) is 0 Å². The van der Waals surface area contributed by atoms with Crippen molar-refractivity contribution in [1.29, 1.82) is 0 Å². The standard InChI is InChI=1S/C9H17NO3/c1-7(2)8(11)5-6-9(3,4)10(12)13/h7H,5-6H2,1-4H3. The summed E-state index contributed by atoms with van der Waals surface area (Å²) in [7, 11) is 0. The first-order valence-electron chi connectivity index (χ1n) is 4.44. The molecule has 0 unspecified atom stereocenters. The summed E-state index contributed by atoms with van der Waals surface area (Å²) in [5.41, 5.74) is -0.982. The minimum atomic E-state index is -0.982. The van der Waals surface area contributed by atoms with Crippen LogP contribution in [0.25, 0.3) is 0 Å². The third-order valence-electron chi connectivity index (χ3n) is 2.12. The number of nitrogens with zero attached hydrogens (tertiary/aromatic N) is 1. The lowest BCUT2D eigenvalue weighted by molar-refractivity contribution is -0.561. The van der Waals surface area contributed by atoms with Gasteiger partial charge in [0.05, 0.1) is 0 Å². The van der Waals surface area contributed by atoms with Gasteiger partial charge in [-0.3, -0.25) is 14.9 Å². The molecule has 0 aliphatic carbocycles. The van der Waals surface area contributed by atoms with Crippen molar-refractivity contribution in [2.24, 2.45) is 5.92 Å². The van der Waals surface area contributed by atoms with E-state index in [2.05, 4.69) is 0 Å². The number of ketones is 1. The van der Waals surface area contributed by atoms with Crippen LogP contribution in [0.1, 0.15) is 40.5 Å². The molecule has 0 fully saturated rings. The first-order chi connectivity index (χ1) is 5.77. The van der Waals surface area contributed by atoms with Crippen LogP contribution in [0.3, 0.4) is 0 Å². The summed E-state index contributed by atoms with van der Waals surface area (Å²) >= 11 is 0. The van der Waals surface area contributed by atoms with Gasteiger partial charge >= 0.3 is 0 Å². The molecule has 0 heterocycles. The van der Waals surface area contributed by atoms with Crippen LogP contribution in [0.5, 0.6) is 0 Å². The SMILES string of the molecule is CC(C)C(=O)CCC(C)(C)[N+](=O)[O-]. The van der Waals surface area contributed by atoms with Gasteiger partial charge in [-0.2, -0.15) is 0 Å². The van der Waals surface area contributed by atoms with Crippen molar-refractivity contribution in [2.45, 2.75) is 46.1 Å². The third-order valence-corrected chi connectivity index (χ3v) is 2.12. The summed E-state index contributed by atoms with van der Waals surface area (Å²) in [6.45, 7) is 6.70. The topological polar surface area (TPSA) is 60.2 Å². The van der Waals surface area contributed by atoms with Gasteiger partial charge in [-0.05, 0) is 0 Å². The first kappa shape index (κ1) is 12.1. The van der Waals surface area contributed by atoms with Crippen molar-refractivity contribution in [3.63, 3.8) is 0 Å². The number of hydrogen-bond donors (Lipinski definition) is 0. The Kier molecular flexibility index (Phi) is 4.04. The van der Waals surface area contributed by atoms with Crippen molar-refractivity contribution in [3.05, 3.63) is 10.1 Å². The molecule has 0 rings (SSSR count). The molecule has 0 amide bonds. The fourth-order valence-electron chi connectivity index (χ4n) is 0.809. The van der Waals surface area contributed by atoms with Gasteiger partial charge in [-0.1, -0.05) is 13.8 Å². The summed E-state index contributed by atoms with van der Waals surface area (Å²) in [6.07, 6.45) is 0.614. The maximum Gasteiger partial charge on any atom is 0.217 e. The van der Waals surface area contributed by atoms with Crippen LogP contribution < -0.4 is 0 Å². The molecular weight excluding hydrogens is 170 g/mol. The molecule has 0 atom stereocenters. The summed E-state index contributed by atoms with van der Waals surface area (Å²) < 4.78 is 0. The van der Waals surface area contributed by atoms with E-state index >= 15 is 0 Å². The van der Waals surface area contributed by atoms with Gasteiger partial charge in [0.25, 0.3) is 0 Å². The Bertz CT molecular complexity index is 209. The smallest absolute Gasteiger partial charge is 0.217 e. The Hall–Kier alpha value is -0.930. The highest BCUT2D eigenvalue weighted by atomic mass is 16.6. The minimum absolute atomic E-state index is 0.0254. The van der Waals surface area contributed by atoms with E-state index in [0.717, 1.165) is 0 Å². The van der Waals surface area contributed by atoms with Gasteiger partial charge in [0.2, 0.25) is 5.54 Å². The molecule has 0 radical (unpaired) electrons. The van der Waals surface area contributed by atoms with E-state index < -0.39 is 5.54 Å². The van der Waals surface area contributed by atoms with Gasteiger partial charge < -0.3 is 0 Å². The highest BCUT2D eigenvalue weighted by Crippen LogP contribution is 2.16. The monoisotopic (exact) mass is 187 g/mol. The van der Waals surface area contributed by atoms with E-state index in [1.807, 2.05) is 13.8 Å². The molecule has 0 saturated heterocycles. The molecule has 0 aromatic carbocycles. The number of hydrogen-bond acceptors (Lipinski definition) is 3. The van der Waals surface area contributed by atoms with Crippen LogP contribution in [-0.2, 0) is 4.79 Å². The predicted molar refractivity (Wildman–Crippen MR) is 50.2 cm³/mol. The summed E-state index contributed by atoms with van der Waals surface area (Å²) in [5, 5.41) is 10.5. The molecule has 0 aliphatic heterocycles. The van der Waals surface area contributed by atoms with Crippen LogP contribution in [-0.4, -0.2) is 16.2 Å². The number of carbonyl (C=O) groups excluding carboxylic acids is 1. The normalized spacial score (nSPS) is 11.8. The quantitative estimate of drug-likeness (QED) is 0.489. The minimum Gasteiger partial charge on any atom is -0.299 e. The fourth-order valence-corrected chi connectivity index (χ4v) is 0.809. The van der Waals surface area contributed by atoms with Crippen molar-refractivity contribution < 1.29 is 9.72 Å². The Morgan fingerprint density at radius 1 is 1.46 bits per heavy atom. The molecular formula is C9H17NO3. The van der Waals surface area contributed by atoms with Crippen LogP contribution in [0.2, 0.25) is 0 Å². The van der Waals surface area contributed by atoms with E-state index in [9.17, 15) is 14.9 Å². The van der Waals surface area contributed by atoms with Crippen molar-refractivity contribution >= 4 is 5.78 Å². The zero-order valence-electron chi connectivity index (χ0n) is 8.66. The third kappa shape index (κ3) is 4.01. The lowest BCUT2D eigenvalue weighted by Crippen LogP contribution is -2.31. The number of Topliss-reactive ketones (excluding diaryl/α,β-unsaturated/α-hetero) is 1. The Labute approximate surface area is 78.5 Å².